The highest BCUT2D eigenvalue weighted by atomic mass is 79.9. The van der Waals surface area contributed by atoms with E-state index in [0.717, 1.165) is 5.33 Å². The van der Waals surface area contributed by atoms with E-state index in [4.69, 9.17) is 0 Å². The molecule has 0 amide bonds. The zero-order chi connectivity index (χ0) is 11.2. The predicted molar refractivity (Wildman–Crippen MR) is 76.8 cm³/mol. The Morgan fingerprint density at radius 1 is 1.06 bits per heavy atom. The fraction of sp³-hybridized carbons (Fsp3) is 0.571. The first-order valence-corrected chi connectivity index (χ1v) is 8.31. The molecule has 1 aromatic rings. The third kappa shape index (κ3) is 3.53. The van der Waals surface area contributed by atoms with Crippen LogP contribution in [0.15, 0.2) is 23.1 Å². The summed E-state index contributed by atoms with van der Waals surface area (Å²) in [6.45, 7) is 0. The molecule has 0 spiro atoms. The Morgan fingerprint density at radius 2 is 1.94 bits per heavy atom. The first-order chi connectivity index (χ1) is 7.90. The van der Waals surface area contributed by atoms with Gasteiger partial charge in [-0.25, -0.2) is 0 Å². The van der Waals surface area contributed by atoms with E-state index in [2.05, 4.69) is 34.1 Å². The topological polar surface area (TPSA) is 0 Å². The highest BCUT2D eigenvalue weighted by molar-refractivity contribution is 9.09. The van der Waals surface area contributed by atoms with Gasteiger partial charge >= 0.3 is 0 Å². The lowest BCUT2D eigenvalue weighted by Gasteiger charge is -2.04. The van der Waals surface area contributed by atoms with E-state index >= 15 is 0 Å². The van der Waals surface area contributed by atoms with Crippen molar-refractivity contribution in [2.45, 2.75) is 43.4 Å². The average Bonchev–Trinajstić information content (AvgIpc) is 2.76. The van der Waals surface area contributed by atoms with Crippen molar-refractivity contribution in [3.05, 3.63) is 29.3 Å². The van der Waals surface area contributed by atoms with Crippen LogP contribution in [0.4, 0.5) is 0 Å². The van der Waals surface area contributed by atoms with E-state index in [0.29, 0.717) is 0 Å². The van der Waals surface area contributed by atoms with Crippen LogP contribution in [0.2, 0.25) is 0 Å². The molecule has 0 bridgehead atoms. The Morgan fingerprint density at radius 3 is 2.81 bits per heavy atom. The minimum Gasteiger partial charge on any atom is -0.126 e. The predicted octanol–water partition coefficient (Wildman–Crippen LogP) is 4.83. The van der Waals surface area contributed by atoms with Crippen LogP contribution in [0.1, 0.15) is 36.8 Å². The Hall–Kier alpha value is 0.0500. The van der Waals surface area contributed by atoms with Gasteiger partial charge in [0.25, 0.3) is 0 Å². The lowest BCUT2D eigenvalue weighted by molar-refractivity contribution is 0.788. The van der Waals surface area contributed by atoms with Crippen LogP contribution in [-0.4, -0.2) is 11.1 Å². The highest BCUT2D eigenvalue weighted by Gasteiger charge is 2.10. The van der Waals surface area contributed by atoms with Crippen molar-refractivity contribution < 1.29 is 0 Å². The van der Waals surface area contributed by atoms with Crippen LogP contribution in [0.25, 0.3) is 0 Å². The van der Waals surface area contributed by atoms with E-state index in [9.17, 15) is 0 Å². The van der Waals surface area contributed by atoms with Crippen LogP contribution in [0.5, 0.6) is 0 Å². The number of benzene rings is 1. The molecule has 0 radical (unpaired) electrons. The molecule has 0 aliphatic heterocycles. The monoisotopic (exact) mass is 298 g/mol. The number of fused-ring (bicyclic) bond motifs is 1. The van der Waals surface area contributed by atoms with Gasteiger partial charge in [0.05, 0.1) is 0 Å². The van der Waals surface area contributed by atoms with Crippen LogP contribution in [-0.2, 0) is 12.8 Å². The molecule has 0 fully saturated rings. The molecule has 16 heavy (non-hydrogen) atoms. The number of thioether (sulfide) groups is 1. The van der Waals surface area contributed by atoms with E-state index < -0.39 is 0 Å². The molecule has 0 heterocycles. The molecule has 0 saturated carbocycles. The van der Waals surface area contributed by atoms with Crippen LogP contribution < -0.4 is 0 Å². The van der Waals surface area contributed by atoms with E-state index in [1.54, 1.807) is 11.1 Å². The normalized spacial score (nSPS) is 14.1. The summed E-state index contributed by atoms with van der Waals surface area (Å²) < 4.78 is 0. The summed E-state index contributed by atoms with van der Waals surface area (Å²) in [7, 11) is 0. The molecule has 88 valence electrons. The lowest BCUT2D eigenvalue weighted by atomic mass is 10.1. The molecule has 0 aromatic heterocycles. The maximum atomic E-state index is 3.47. The number of alkyl halides is 1. The van der Waals surface area contributed by atoms with Crippen molar-refractivity contribution in [2.75, 3.05) is 11.1 Å². The molecular formula is C14H19BrS. The molecule has 2 heteroatoms. The van der Waals surface area contributed by atoms with Gasteiger partial charge in [-0.2, -0.15) is 0 Å². The first kappa shape index (κ1) is 12.5. The van der Waals surface area contributed by atoms with Crippen LogP contribution in [0.3, 0.4) is 0 Å². The molecule has 1 aromatic carbocycles. The zero-order valence-electron chi connectivity index (χ0n) is 9.68. The fourth-order valence-corrected chi connectivity index (χ4v) is 3.57. The largest absolute Gasteiger partial charge is 0.126 e. The molecule has 0 saturated heterocycles. The Labute approximate surface area is 111 Å². The van der Waals surface area contributed by atoms with Crippen molar-refractivity contribution in [1.82, 2.24) is 0 Å². The van der Waals surface area contributed by atoms with E-state index in [1.807, 2.05) is 11.8 Å². The van der Waals surface area contributed by atoms with Crippen molar-refractivity contribution in [1.29, 1.82) is 0 Å². The highest BCUT2D eigenvalue weighted by Crippen LogP contribution is 2.28. The number of aryl methyl sites for hydroxylation is 2. The lowest BCUT2D eigenvalue weighted by Crippen LogP contribution is -1.85. The van der Waals surface area contributed by atoms with Crippen LogP contribution in [0, 0.1) is 0 Å². The maximum absolute atomic E-state index is 3.47. The third-order valence-corrected chi connectivity index (χ3v) is 4.76. The number of halogens is 1. The van der Waals surface area contributed by atoms with Gasteiger partial charge < -0.3 is 0 Å². The standard InChI is InChI=1S/C14H19BrS/c15-9-2-1-3-10-16-14-8-7-12-5-4-6-13(12)11-14/h7-8,11H,1-6,9-10H2. The van der Waals surface area contributed by atoms with Crippen molar-refractivity contribution in [3.8, 4) is 0 Å². The van der Waals surface area contributed by atoms with Gasteiger partial charge in [-0.3, -0.25) is 0 Å². The first-order valence-electron chi connectivity index (χ1n) is 6.21. The summed E-state index contributed by atoms with van der Waals surface area (Å²) in [4.78, 5) is 1.47. The summed E-state index contributed by atoms with van der Waals surface area (Å²) in [5.41, 5.74) is 3.19. The summed E-state index contributed by atoms with van der Waals surface area (Å²) in [6, 6.07) is 7.06. The summed E-state index contributed by atoms with van der Waals surface area (Å²) >= 11 is 5.49. The van der Waals surface area contributed by atoms with Gasteiger partial charge in [-0.05, 0) is 61.1 Å². The number of hydrogen-bond donors (Lipinski definition) is 0. The van der Waals surface area contributed by atoms with Gasteiger partial charge in [0.2, 0.25) is 0 Å². The van der Waals surface area contributed by atoms with Gasteiger partial charge in [0.1, 0.15) is 0 Å². The molecule has 1 aliphatic rings. The third-order valence-electron chi connectivity index (χ3n) is 3.12. The van der Waals surface area contributed by atoms with Gasteiger partial charge in [-0.1, -0.05) is 28.4 Å². The zero-order valence-corrected chi connectivity index (χ0v) is 12.1. The molecule has 0 unspecified atom stereocenters. The second-order valence-corrected chi connectivity index (χ2v) is 6.34. The van der Waals surface area contributed by atoms with E-state index in [-0.39, 0.29) is 0 Å². The molecule has 2 rings (SSSR count). The Bertz CT molecular complexity index is 336. The van der Waals surface area contributed by atoms with Crippen molar-refractivity contribution in [2.24, 2.45) is 0 Å². The number of rotatable bonds is 6. The van der Waals surface area contributed by atoms with Crippen molar-refractivity contribution >= 4 is 27.7 Å². The summed E-state index contributed by atoms with van der Waals surface area (Å²) in [5, 5.41) is 1.15. The molecule has 1 aliphatic carbocycles. The number of hydrogen-bond acceptors (Lipinski definition) is 1. The van der Waals surface area contributed by atoms with Gasteiger partial charge in [0.15, 0.2) is 0 Å². The summed E-state index contributed by atoms with van der Waals surface area (Å²) in [6.07, 6.45) is 7.95. The second-order valence-electron chi connectivity index (χ2n) is 4.38. The van der Waals surface area contributed by atoms with Crippen LogP contribution >= 0.6 is 27.7 Å². The van der Waals surface area contributed by atoms with E-state index in [1.165, 1.54) is 49.2 Å². The quantitative estimate of drug-likeness (QED) is 0.412. The molecular weight excluding hydrogens is 280 g/mol. The Kier molecular flexibility index (Phi) is 5.24. The molecule has 0 nitrogen and oxygen atoms in total. The fourth-order valence-electron chi connectivity index (χ4n) is 2.20. The molecule has 0 N–H and O–H groups in total. The SMILES string of the molecule is BrCCCCCSc1ccc2c(c1)CCC2. The van der Waals surface area contributed by atoms with Gasteiger partial charge in [-0.15, -0.1) is 11.8 Å². The minimum atomic E-state index is 1.15. The van der Waals surface area contributed by atoms with Crippen molar-refractivity contribution in [3.63, 3.8) is 0 Å². The average molecular weight is 299 g/mol. The summed E-state index contributed by atoms with van der Waals surface area (Å²) in [5.74, 6) is 1.27. The second kappa shape index (κ2) is 6.70. The molecule has 0 atom stereocenters. The maximum Gasteiger partial charge on any atom is 0.00748 e. The number of unbranched alkanes of at least 4 members (excludes halogenated alkanes) is 2. The van der Waals surface area contributed by atoms with Gasteiger partial charge in [0, 0.05) is 10.2 Å². The smallest absolute Gasteiger partial charge is 0.00748 e. The minimum absolute atomic E-state index is 1.15. The Balaban J connectivity index is 1.77.